The predicted molar refractivity (Wildman–Crippen MR) is 91.5 cm³/mol. The average Bonchev–Trinajstić information content (AvgIpc) is 3.10. The summed E-state index contributed by atoms with van der Waals surface area (Å²) >= 11 is 0. The lowest BCUT2D eigenvalue weighted by atomic mass is 10.0. The van der Waals surface area contributed by atoms with Gasteiger partial charge >= 0.3 is 6.03 Å². The molecule has 2 heterocycles. The van der Waals surface area contributed by atoms with Gasteiger partial charge in [-0.15, -0.1) is 0 Å². The summed E-state index contributed by atoms with van der Waals surface area (Å²) in [6.07, 6.45) is -0.0841. The third-order valence-electron chi connectivity index (χ3n) is 4.97. The summed E-state index contributed by atoms with van der Waals surface area (Å²) in [5, 5.41) is 0. The summed E-state index contributed by atoms with van der Waals surface area (Å²) < 4.78 is 32.5. The Morgan fingerprint density at radius 1 is 1.29 bits per heavy atom. The van der Waals surface area contributed by atoms with E-state index in [-0.39, 0.29) is 19.1 Å². The molecule has 8 heteroatoms. The molecule has 0 N–H and O–H groups in total. The summed E-state index contributed by atoms with van der Waals surface area (Å²) in [7, 11) is 1.23. The molecule has 1 spiro atoms. The average molecular weight is 353 g/mol. The van der Waals surface area contributed by atoms with Crippen molar-refractivity contribution in [3.8, 4) is 0 Å². The number of urea groups is 1. The molecule has 2 aliphatic rings. The molecule has 2 aliphatic heterocycles. The zero-order valence-electron chi connectivity index (χ0n) is 14.2. The van der Waals surface area contributed by atoms with Crippen LogP contribution in [0.15, 0.2) is 30.3 Å². The van der Waals surface area contributed by atoms with Crippen molar-refractivity contribution in [1.29, 1.82) is 0 Å². The van der Waals surface area contributed by atoms with Crippen LogP contribution >= 0.6 is 0 Å². The van der Waals surface area contributed by atoms with Crippen LogP contribution in [0.4, 0.5) is 10.5 Å². The van der Waals surface area contributed by atoms with Crippen molar-refractivity contribution in [2.45, 2.75) is 17.3 Å². The molecule has 0 bridgehead atoms. The van der Waals surface area contributed by atoms with Crippen LogP contribution in [0.2, 0.25) is 0 Å². The molecule has 2 atom stereocenters. The molecule has 0 unspecified atom stereocenters. The standard InChI is InChI=1S/C16H23N3O4S/c1-17(2)15(20)18-10-9-16(12-18)14(23-3)11-19(24(16,21)22)13-7-5-4-6-8-13/h4-8,14H,9-12H2,1-3H3/t14-,16-/m1/s1. The monoisotopic (exact) mass is 353 g/mol. The van der Waals surface area contributed by atoms with E-state index in [1.54, 1.807) is 31.1 Å². The highest BCUT2D eigenvalue weighted by molar-refractivity contribution is 7.94. The van der Waals surface area contributed by atoms with E-state index in [0.717, 1.165) is 0 Å². The molecular formula is C16H23N3O4S. The van der Waals surface area contributed by atoms with Gasteiger partial charge in [0.1, 0.15) is 4.75 Å². The fraction of sp³-hybridized carbons (Fsp3) is 0.562. The van der Waals surface area contributed by atoms with E-state index in [0.29, 0.717) is 18.7 Å². The lowest BCUT2D eigenvalue weighted by molar-refractivity contribution is 0.0826. The summed E-state index contributed by atoms with van der Waals surface area (Å²) in [5.74, 6) is 0. The number of nitrogens with zero attached hydrogens (tertiary/aromatic N) is 3. The smallest absolute Gasteiger partial charge is 0.319 e. The molecule has 24 heavy (non-hydrogen) atoms. The van der Waals surface area contributed by atoms with Crippen molar-refractivity contribution in [1.82, 2.24) is 9.80 Å². The Labute approximate surface area is 142 Å². The number of benzene rings is 1. The maximum atomic E-state index is 13.3. The summed E-state index contributed by atoms with van der Waals surface area (Å²) in [4.78, 5) is 15.3. The molecular weight excluding hydrogens is 330 g/mol. The zero-order valence-corrected chi connectivity index (χ0v) is 15.0. The molecule has 2 fully saturated rings. The van der Waals surface area contributed by atoms with E-state index in [4.69, 9.17) is 4.74 Å². The largest absolute Gasteiger partial charge is 0.378 e. The van der Waals surface area contributed by atoms with E-state index in [9.17, 15) is 13.2 Å². The van der Waals surface area contributed by atoms with E-state index >= 15 is 0 Å². The Kier molecular flexibility index (Phi) is 4.21. The third kappa shape index (κ3) is 2.36. The van der Waals surface area contributed by atoms with Crippen LogP contribution in [0.3, 0.4) is 0 Å². The van der Waals surface area contributed by atoms with Crippen LogP contribution in [-0.4, -0.2) is 75.9 Å². The van der Waals surface area contributed by atoms with Gasteiger partial charge in [0.05, 0.1) is 18.3 Å². The molecule has 0 aromatic heterocycles. The number of likely N-dealkylation sites (tertiary alicyclic amines) is 1. The molecule has 0 aliphatic carbocycles. The van der Waals surface area contributed by atoms with Gasteiger partial charge in [-0.3, -0.25) is 4.31 Å². The lowest BCUT2D eigenvalue weighted by Gasteiger charge is -2.29. The minimum absolute atomic E-state index is 0.161. The topological polar surface area (TPSA) is 70.2 Å². The number of amides is 2. The Morgan fingerprint density at radius 3 is 2.54 bits per heavy atom. The number of hydrogen-bond acceptors (Lipinski definition) is 4. The van der Waals surface area contributed by atoms with Crippen LogP contribution in [0, 0.1) is 0 Å². The molecule has 2 saturated heterocycles. The first-order valence-electron chi connectivity index (χ1n) is 7.90. The maximum Gasteiger partial charge on any atom is 0.319 e. The van der Waals surface area contributed by atoms with E-state index in [2.05, 4.69) is 0 Å². The van der Waals surface area contributed by atoms with Crippen LogP contribution in [0.1, 0.15) is 6.42 Å². The number of para-hydroxylation sites is 1. The van der Waals surface area contributed by atoms with Gasteiger partial charge < -0.3 is 14.5 Å². The quantitative estimate of drug-likeness (QED) is 0.795. The molecule has 1 aromatic rings. The van der Waals surface area contributed by atoms with E-state index in [1.165, 1.54) is 16.3 Å². The van der Waals surface area contributed by atoms with E-state index in [1.807, 2.05) is 18.2 Å². The highest BCUT2D eigenvalue weighted by atomic mass is 32.2. The van der Waals surface area contributed by atoms with Gasteiger partial charge in [-0.25, -0.2) is 13.2 Å². The number of ether oxygens (including phenoxy) is 1. The number of anilines is 1. The summed E-state index contributed by atoms with van der Waals surface area (Å²) in [6, 6.07) is 8.86. The van der Waals surface area contributed by atoms with Crippen molar-refractivity contribution in [3.05, 3.63) is 30.3 Å². The van der Waals surface area contributed by atoms with Crippen molar-refractivity contribution in [2.75, 3.05) is 45.1 Å². The SMILES string of the molecule is CO[C@@H]1CN(c2ccccc2)S(=O)(=O)[C@@]12CCN(C(=O)N(C)C)C2. The summed E-state index contributed by atoms with van der Waals surface area (Å²) in [6.45, 7) is 0.847. The number of carbonyl (C=O) groups is 1. The van der Waals surface area contributed by atoms with Crippen LogP contribution in [0.25, 0.3) is 0 Å². The van der Waals surface area contributed by atoms with Crippen LogP contribution in [0.5, 0.6) is 0 Å². The molecule has 3 rings (SSSR count). The van der Waals surface area contributed by atoms with Crippen molar-refractivity contribution in [2.24, 2.45) is 0 Å². The Hall–Kier alpha value is -1.80. The van der Waals surface area contributed by atoms with Crippen molar-refractivity contribution in [3.63, 3.8) is 0 Å². The second-order valence-corrected chi connectivity index (χ2v) is 8.71. The lowest BCUT2D eigenvalue weighted by Crippen LogP contribution is -2.50. The number of rotatable bonds is 2. The van der Waals surface area contributed by atoms with Gasteiger partial charge in [0.25, 0.3) is 0 Å². The maximum absolute atomic E-state index is 13.3. The molecule has 0 radical (unpaired) electrons. The number of sulfonamides is 1. The fourth-order valence-corrected chi connectivity index (χ4v) is 5.99. The Morgan fingerprint density at radius 2 is 1.96 bits per heavy atom. The number of methoxy groups -OCH3 is 1. The zero-order chi connectivity index (χ0) is 17.5. The first-order chi connectivity index (χ1) is 11.3. The van der Waals surface area contributed by atoms with Gasteiger partial charge in [-0.1, -0.05) is 18.2 Å². The highest BCUT2D eigenvalue weighted by Crippen LogP contribution is 2.44. The van der Waals surface area contributed by atoms with Gasteiger partial charge in [-0.05, 0) is 18.6 Å². The van der Waals surface area contributed by atoms with Gasteiger partial charge in [0.2, 0.25) is 10.0 Å². The van der Waals surface area contributed by atoms with Crippen LogP contribution < -0.4 is 4.31 Å². The van der Waals surface area contributed by atoms with Crippen molar-refractivity contribution >= 4 is 21.7 Å². The van der Waals surface area contributed by atoms with E-state index < -0.39 is 20.9 Å². The fourth-order valence-electron chi connectivity index (χ4n) is 3.65. The first kappa shape index (κ1) is 17.0. The Bertz CT molecular complexity index is 722. The minimum Gasteiger partial charge on any atom is -0.378 e. The molecule has 132 valence electrons. The molecule has 1 aromatic carbocycles. The summed E-state index contributed by atoms with van der Waals surface area (Å²) in [5.41, 5.74) is 0.633. The van der Waals surface area contributed by atoms with Crippen molar-refractivity contribution < 1.29 is 17.9 Å². The number of hydrogen-bond donors (Lipinski definition) is 0. The predicted octanol–water partition coefficient (Wildman–Crippen LogP) is 0.978. The minimum atomic E-state index is -3.64. The first-order valence-corrected chi connectivity index (χ1v) is 9.34. The third-order valence-corrected chi connectivity index (χ3v) is 7.53. The Balaban J connectivity index is 1.97. The second kappa shape index (κ2) is 5.93. The molecule has 2 amide bonds. The van der Waals surface area contributed by atoms with Gasteiger partial charge in [0.15, 0.2) is 0 Å². The number of carbonyl (C=O) groups excluding carboxylic acids is 1. The molecule has 0 saturated carbocycles. The normalized spacial score (nSPS) is 28.5. The van der Waals surface area contributed by atoms with Gasteiger partial charge in [-0.2, -0.15) is 0 Å². The second-order valence-electron chi connectivity index (χ2n) is 6.51. The van der Waals surface area contributed by atoms with Crippen LogP contribution in [-0.2, 0) is 14.8 Å². The van der Waals surface area contributed by atoms with Gasteiger partial charge in [0, 0.05) is 34.3 Å². The molecule has 7 nitrogen and oxygen atoms in total. The highest BCUT2D eigenvalue weighted by Gasteiger charge is 2.63.